The molecule has 0 aliphatic heterocycles. The molecule has 2 rings (SSSR count). The molecule has 0 radical (unpaired) electrons. The topological polar surface area (TPSA) is 107 Å². The lowest BCUT2D eigenvalue weighted by molar-refractivity contribution is -0.387. The number of nitro benzene ring substituents is 1. The third-order valence-electron chi connectivity index (χ3n) is 2.83. The maximum absolute atomic E-state index is 11.1. The summed E-state index contributed by atoms with van der Waals surface area (Å²) >= 11 is 1.24. The summed E-state index contributed by atoms with van der Waals surface area (Å²) in [5.41, 5.74) is 3.43. The van der Waals surface area contributed by atoms with Gasteiger partial charge in [-0.2, -0.15) is 0 Å². The van der Waals surface area contributed by atoms with E-state index in [2.05, 4.69) is 15.4 Å². The third-order valence-corrected chi connectivity index (χ3v) is 3.91. The molecule has 21 heavy (non-hydrogen) atoms. The van der Waals surface area contributed by atoms with Crippen LogP contribution >= 0.6 is 11.8 Å². The molecule has 0 unspecified atom stereocenters. The van der Waals surface area contributed by atoms with Crippen LogP contribution in [0, 0.1) is 10.1 Å². The van der Waals surface area contributed by atoms with E-state index in [4.69, 9.17) is 5.84 Å². The Bertz CT molecular complexity index is 663. The van der Waals surface area contributed by atoms with Crippen molar-refractivity contribution in [2.75, 3.05) is 5.43 Å². The van der Waals surface area contributed by atoms with E-state index in [0.29, 0.717) is 15.7 Å². The molecule has 0 bridgehead atoms. The van der Waals surface area contributed by atoms with Crippen molar-refractivity contribution < 1.29 is 4.92 Å². The Morgan fingerprint density at radius 3 is 2.67 bits per heavy atom. The number of nitrogen functional groups attached to an aromatic ring is 1. The lowest BCUT2D eigenvalue weighted by atomic mass is 10.1. The minimum atomic E-state index is -0.402. The first kappa shape index (κ1) is 15.2. The number of nitrogens with two attached hydrogens (primary N) is 1. The van der Waals surface area contributed by atoms with Gasteiger partial charge in [0.2, 0.25) is 0 Å². The summed E-state index contributed by atoms with van der Waals surface area (Å²) in [6.07, 6.45) is 1.39. The predicted octanol–water partition coefficient (Wildman–Crippen LogP) is 2.95. The Labute approximate surface area is 126 Å². The maximum atomic E-state index is 11.1. The molecule has 0 atom stereocenters. The van der Waals surface area contributed by atoms with Crippen LogP contribution < -0.4 is 11.3 Å². The Kier molecular flexibility index (Phi) is 4.71. The molecule has 8 heteroatoms. The summed E-state index contributed by atoms with van der Waals surface area (Å²) in [4.78, 5) is 19.5. The van der Waals surface area contributed by atoms with Crippen LogP contribution in [0.1, 0.15) is 25.3 Å². The lowest BCUT2D eigenvalue weighted by Gasteiger charge is -2.14. The standard InChI is InChI=1S/C13H15N5O2S/c1-8(2)11-12(17-14)15-7-16-13(11)21-10-6-4-3-5-9(10)18(19)20/h3-8H,14H2,1-2H3,(H,15,16,17). The van der Waals surface area contributed by atoms with Crippen LogP contribution in [-0.2, 0) is 0 Å². The highest BCUT2D eigenvalue weighted by atomic mass is 32.2. The van der Waals surface area contributed by atoms with Gasteiger partial charge in [-0.1, -0.05) is 37.7 Å². The molecule has 0 amide bonds. The fraction of sp³-hybridized carbons (Fsp3) is 0.231. The molecular formula is C13H15N5O2S. The zero-order valence-corrected chi connectivity index (χ0v) is 12.4. The SMILES string of the molecule is CC(C)c1c(NN)ncnc1Sc1ccccc1[N+](=O)[O-]. The number of anilines is 1. The third kappa shape index (κ3) is 3.29. The van der Waals surface area contributed by atoms with Gasteiger partial charge in [0, 0.05) is 11.6 Å². The number of benzene rings is 1. The van der Waals surface area contributed by atoms with Gasteiger partial charge in [-0.25, -0.2) is 15.8 Å². The van der Waals surface area contributed by atoms with E-state index in [1.54, 1.807) is 18.2 Å². The number of nitrogens with zero attached hydrogens (tertiary/aromatic N) is 3. The summed E-state index contributed by atoms with van der Waals surface area (Å²) in [5.74, 6) is 6.13. The molecule has 1 heterocycles. The van der Waals surface area contributed by atoms with Gasteiger partial charge >= 0.3 is 0 Å². The summed E-state index contributed by atoms with van der Waals surface area (Å²) in [6.45, 7) is 3.98. The molecule has 1 aromatic heterocycles. The number of para-hydroxylation sites is 1. The smallest absolute Gasteiger partial charge is 0.283 e. The Morgan fingerprint density at radius 2 is 2.05 bits per heavy atom. The molecule has 0 aliphatic rings. The predicted molar refractivity (Wildman–Crippen MR) is 81.2 cm³/mol. The van der Waals surface area contributed by atoms with E-state index in [0.717, 1.165) is 5.56 Å². The zero-order chi connectivity index (χ0) is 15.4. The summed E-state index contributed by atoms with van der Waals surface area (Å²) in [5, 5.41) is 11.7. The summed E-state index contributed by atoms with van der Waals surface area (Å²) in [6, 6.07) is 6.57. The number of aromatic nitrogens is 2. The maximum Gasteiger partial charge on any atom is 0.283 e. The summed E-state index contributed by atoms with van der Waals surface area (Å²) in [7, 11) is 0. The highest BCUT2D eigenvalue weighted by Gasteiger charge is 2.19. The van der Waals surface area contributed by atoms with Crippen molar-refractivity contribution in [2.24, 2.45) is 5.84 Å². The van der Waals surface area contributed by atoms with Crippen LogP contribution in [0.2, 0.25) is 0 Å². The van der Waals surface area contributed by atoms with Gasteiger partial charge < -0.3 is 5.43 Å². The number of hydrogen-bond donors (Lipinski definition) is 2. The fourth-order valence-electron chi connectivity index (χ4n) is 1.89. The minimum absolute atomic E-state index is 0.0538. The monoisotopic (exact) mass is 305 g/mol. The van der Waals surface area contributed by atoms with Crippen molar-refractivity contribution in [3.05, 3.63) is 46.3 Å². The van der Waals surface area contributed by atoms with Gasteiger partial charge in [0.05, 0.1) is 9.82 Å². The Balaban J connectivity index is 2.48. The van der Waals surface area contributed by atoms with Crippen molar-refractivity contribution in [3.63, 3.8) is 0 Å². The molecule has 0 fully saturated rings. The second kappa shape index (κ2) is 6.51. The van der Waals surface area contributed by atoms with Gasteiger partial charge in [-0.05, 0) is 12.0 Å². The van der Waals surface area contributed by atoms with Crippen LogP contribution in [0.15, 0.2) is 40.5 Å². The number of rotatable bonds is 5. The summed E-state index contributed by atoms with van der Waals surface area (Å²) < 4.78 is 0. The zero-order valence-electron chi connectivity index (χ0n) is 11.6. The van der Waals surface area contributed by atoms with E-state index >= 15 is 0 Å². The lowest BCUT2D eigenvalue weighted by Crippen LogP contribution is -2.13. The van der Waals surface area contributed by atoms with Crippen LogP contribution in [0.5, 0.6) is 0 Å². The first-order valence-corrected chi connectivity index (χ1v) is 7.09. The average Bonchev–Trinajstić information content (AvgIpc) is 2.47. The largest absolute Gasteiger partial charge is 0.308 e. The normalized spacial score (nSPS) is 10.7. The first-order valence-electron chi connectivity index (χ1n) is 6.27. The molecule has 1 aromatic carbocycles. The highest BCUT2D eigenvalue weighted by molar-refractivity contribution is 7.99. The van der Waals surface area contributed by atoms with E-state index in [-0.39, 0.29) is 11.6 Å². The van der Waals surface area contributed by atoms with E-state index in [1.165, 1.54) is 24.2 Å². The van der Waals surface area contributed by atoms with Gasteiger partial charge in [0.25, 0.3) is 5.69 Å². The van der Waals surface area contributed by atoms with Crippen molar-refractivity contribution in [1.82, 2.24) is 9.97 Å². The molecule has 0 saturated carbocycles. The fourth-order valence-corrected chi connectivity index (χ4v) is 3.04. The van der Waals surface area contributed by atoms with Gasteiger partial charge in [-0.3, -0.25) is 10.1 Å². The van der Waals surface area contributed by atoms with E-state index < -0.39 is 4.92 Å². The van der Waals surface area contributed by atoms with Crippen LogP contribution in [0.4, 0.5) is 11.5 Å². The van der Waals surface area contributed by atoms with Crippen LogP contribution in [-0.4, -0.2) is 14.9 Å². The molecule has 2 aromatic rings. The number of nitrogens with one attached hydrogen (secondary N) is 1. The van der Waals surface area contributed by atoms with Crippen molar-refractivity contribution in [1.29, 1.82) is 0 Å². The second-order valence-electron chi connectivity index (χ2n) is 4.57. The second-order valence-corrected chi connectivity index (χ2v) is 5.60. The van der Waals surface area contributed by atoms with Crippen molar-refractivity contribution >= 4 is 23.3 Å². The molecule has 0 spiro atoms. The average molecular weight is 305 g/mol. The number of nitro groups is 1. The van der Waals surface area contributed by atoms with Gasteiger partial charge in [-0.15, -0.1) is 0 Å². The van der Waals surface area contributed by atoms with Crippen molar-refractivity contribution in [3.8, 4) is 0 Å². The van der Waals surface area contributed by atoms with Crippen molar-refractivity contribution in [2.45, 2.75) is 29.7 Å². The van der Waals surface area contributed by atoms with Crippen LogP contribution in [0.25, 0.3) is 0 Å². The quantitative estimate of drug-likeness (QED) is 0.378. The first-order chi connectivity index (χ1) is 10.0. The Morgan fingerprint density at radius 1 is 1.33 bits per heavy atom. The minimum Gasteiger partial charge on any atom is -0.308 e. The molecule has 7 nitrogen and oxygen atoms in total. The number of hydrazine groups is 1. The van der Waals surface area contributed by atoms with Gasteiger partial charge in [0.15, 0.2) is 0 Å². The molecule has 110 valence electrons. The van der Waals surface area contributed by atoms with Gasteiger partial charge in [0.1, 0.15) is 17.2 Å². The highest BCUT2D eigenvalue weighted by Crippen LogP contribution is 2.38. The molecule has 0 aliphatic carbocycles. The number of hydrogen-bond acceptors (Lipinski definition) is 7. The van der Waals surface area contributed by atoms with E-state index in [1.807, 2.05) is 13.8 Å². The molecule has 0 saturated heterocycles. The molecular weight excluding hydrogens is 290 g/mol. The Hall–Kier alpha value is -2.19. The molecule has 3 N–H and O–H groups in total. The van der Waals surface area contributed by atoms with E-state index in [9.17, 15) is 10.1 Å². The van der Waals surface area contributed by atoms with Crippen LogP contribution in [0.3, 0.4) is 0 Å².